The van der Waals surface area contributed by atoms with E-state index in [0.29, 0.717) is 6.04 Å². The first kappa shape index (κ1) is 15.3. The van der Waals surface area contributed by atoms with Crippen molar-refractivity contribution >= 4 is 5.82 Å². The number of hydrogen-bond donors (Lipinski definition) is 1. The zero-order chi connectivity index (χ0) is 14.6. The van der Waals surface area contributed by atoms with Gasteiger partial charge in [-0.25, -0.2) is 4.98 Å². The molecule has 0 aliphatic carbocycles. The van der Waals surface area contributed by atoms with Crippen molar-refractivity contribution in [2.45, 2.75) is 39.2 Å². The van der Waals surface area contributed by atoms with E-state index in [-0.39, 0.29) is 5.41 Å². The minimum Gasteiger partial charge on any atom is -0.377 e. The number of nitrogens with one attached hydrogen (secondary N) is 1. The van der Waals surface area contributed by atoms with E-state index in [2.05, 4.69) is 55.0 Å². The SMILES string of the molecule is CCNCC1COCCN1c1ccc(C(C)(C)C)cn1. The van der Waals surface area contributed by atoms with Crippen LogP contribution in [-0.2, 0) is 10.2 Å². The number of aromatic nitrogens is 1. The molecule has 1 saturated heterocycles. The lowest BCUT2D eigenvalue weighted by atomic mass is 9.88. The molecule has 2 heterocycles. The van der Waals surface area contributed by atoms with Crippen molar-refractivity contribution < 1.29 is 4.74 Å². The molecule has 1 fully saturated rings. The van der Waals surface area contributed by atoms with E-state index >= 15 is 0 Å². The van der Waals surface area contributed by atoms with Crippen LogP contribution >= 0.6 is 0 Å². The van der Waals surface area contributed by atoms with Crippen molar-refractivity contribution in [1.29, 1.82) is 0 Å². The summed E-state index contributed by atoms with van der Waals surface area (Å²) < 4.78 is 5.60. The van der Waals surface area contributed by atoms with E-state index in [0.717, 1.165) is 38.7 Å². The summed E-state index contributed by atoms with van der Waals surface area (Å²) in [5.74, 6) is 1.06. The Kier molecular flexibility index (Phi) is 5.00. The molecule has 4 nitrogen and oxygen atoms in total. The second-order valence-corrected chi connectivity index (χ2v) is 6.38. The highest BCUT2D eigenvalue weighted by Crippen LogP contribution is 2.24. The van der Waals surface area contributed by atoms with Crippen LogP contribution in [0, 0.1) is 0 Å². The molecule has 0 radical (unpaired) electrons. The summed E-state index contributed by atoms with van der Waals surface area (Å²) in [6, 6.07) is 4.71. The zero-order valence-electron chi connectivity index (χ0n) is 13.1. The largest absolute Gasteiger partial charge is 0.377 e. The van der Waals surface area contributed by atoms with Crippen LogP contribution in [0.4, 0.5) is 5.82 Å². The molecule has 0 saturated carbocycles. The summed E-state index contributed by atoms with van der Waals surface area (Å²) in [4.78, 5) is 7.03. The molecule has 20 heavy (non-hydrogen) atoms. The fraction of sp³-hybridized carbons (Fsp3) is 0.688. The first-order valence-corrected chi connectivity index (χ1v) is 7.54. The van der Waals surface area contributed by atoms with E-state index in [1.54, 1.807) is 0 Å². The van der Waals surface area contributed by atoms with E-state index in [4.69, 9.17) is 4.74 Å². The van der Waals surface area contributed by atoms with E-state index < -0.39 is 0 Å². The molecule has 1 aromatic rings. The fourth-order valence-corrected chi connectivity index (χ4v) is 2.44. The molecule has 0 spiro atoms. The molecule has 1 aromatic heterocycles. The number of anilines is 1. The van der Waals surface area contributed by atoms with Crippen LogP contribution in [0.3, 0.4) is 0 Å². The summed E-state index contributed by atoms with van der Waals surface area (Å²) in [5, 5.41) is 3.40. The second kappa shape index (κ2) is 6.55. The highest BCUT2D eigenvalue weighted by molar-refractivity contribution is 5.42. The Morgan fingerprint density at radius 3 is 2.80 bits per heavy atom. The van der Waals surface area contributed by atoms with Gasteiger partial charge in [0.1, 0.15) is 5.82 Å². The number of likely N-dealkylation sites (N-methyl/N-ethyl adjacent to an activating group) is 1. The van der Waals surface area contributed by atoms with Crippen molar-refractivity contribution in [2.24, 2.45) is 0 Å². The van der Waals surface area contributed by atoms with Gasteiger partial charge in [-0.05, 0) is 23.6 Å². The van der Waals surface area contributed by atoms with Crippen molar-refractivity contribution in [3.8, 4) is 0 Å². The Morgan fingerprint density at radius 2 is 2.20 bits per heavy atom. The molecule has 4 heteroatoms. The molecule has 1 atom stereocenters. The third-order valence-electron chi connectivity index (χ3n) is 3.77. The van der Waals surface area contributed by atoms with Crippen LogP contribution in [0.25, 0.3) is 0 Å². The van der Waals surface area contributed by atoms with Crippen LogP contribution in [0.2, 0.25) is 0 Å². The van der Waals surface area contributed by atoms with Gasteiger partial charge < -0.3 is 15.0 Å². The van der Waals surface area contributed by atoms with E-state index in [1.807, 2.05) is 6.20 Å². The highest BCUT2D eigenvalue weighted by atomic mass is 16.5. The highest BCUT2D eigenvalue weighted by Gasteiger charge is 2.24. The normalized spacial score (nSPS) is 20.2. The third-order valence-corrected chi connectivity index (χ3v) is 3.77. The lowest BCUT2D eigenvalue weighted by molar-refractivity contribution is 0.0935. The predicted octanol–water partition coefficient (Wildman–Crippen LogP) is 2.19. The Balaban J connectivity index is 2.11. The lowest BCUT2D eigenvalue weighted by Crippen LogP contribution is -2.50. The molecule has 1 unspecified atom stereocenters. The standard InChI is InChI=1S/C16H27N3O/c1-5-17-11-14-12-20-9-8-19(14)15-7-6-13(10-18-15)16(2,3)4/h6-7,10,14,17H,5,8-9,11-12H2,1-4H3. The summed E-state index contributed by atoms with van der Waals surface area (Å²) in [7, 11) is 0. The van der Waals surface area contributed by atoms with Crippen LogP contribution in [0.5, 0.6) is 0 Å². The first-order chi connectivity index (χ1) is 9.52. The number of nitrogens with zero attached hydrogens (tertiary/aromatic N) is 2. The maximum atomic E-state index is 5.60. The van der Waals surface area contributed by atoms with Crippen molar-refractivity contribution in [2.75, 3.05) is 37.7 Å². The Labute approximate surface area is 122 Å². The van der Waals surface area contributed by atoms with Crippen molar-refractivity contribution in [3.63, 3.8) is 0 Å². The number of rotatable bonds is 4. The average Bonchev–Trinajstić information content (AvgIpc) is 2.45. The Bertz CT molecular complexity index is 411. The van der Waals surface area contributed by atoms with Gasteiger partial charge in [0.15, 0.2) is 0 Å². The van der Waals surface area contributed by atoms with Crippen LogP contribution < -0.4 is 10.2 Å². The minimum atomic E-state index is 0.152. The Morgan fingerprint density at radius 1 is 1.40 bits per heavy atom. The van der Waals surface area contributed by atoms with Gasteiger partial charge in [-0.2, -0.15) is 0 Å². The van der Waals surface area contributed by atoms with Crippen LogP contribution in [0.1, 0.15) is 33.3 Å². The molecule has 0 aromatic carbocycles. The molecule has 1 aliphatic rings. The molecule has 2 rings (SSSR count). The van der Waals surface area contributed by atoms with Gasteiger partial charge in [-0.1, -0.05) is 33.8 Å². The smallest absolute Gasteiger partial charge is 0.128 e. The molecule has 0 bridgehead atoms. The third kappa shape index (κ3) is 3.70. The number of ether oxygens (including phenoxy) is 1. The maximum Gasteiger partial charge on any atom is 0.128 e. The maximum absolute atomic E-state index is 5.60. The monoisotopic (exact) mass is 277 g/mol. The number of pyridine rings is 1. The minimum absolute atomic E-state index is 0.152. The molecular formula is C16H27N3O. The van der Waals surface area contributed by atoms with Gasteiger partial charge >= 0.3 is 0 Å². The topological polar surface area (TPSA) is 37.4 Å². The predicted molar refractivity (Wildman–Crippen MR) is 83.4 cm³/mol. The number of morpholine rings is 1. The summed E-state index contributed by atoms with van der Waals surface area (Å²) in [6.45, 7) is 13.2. The summed E-state index contributed by atoms with van der Waals surface area (Å²) in [6.07, 6.45) is 2.01. The molecule has 0 amide bonds. The lowest BCUT2D eigenvalue weighted by Gasteiger charge is -2.36. The van der Waals surface area contributed by atoms with Crippen LogP contribution in [-0.4, -0.2) is 43.9 Å². The first-order valence-electron chi connectivity index (χ1n) is 7.54. The van der Waals surface area contributed by atoms with E-state index in [9.17, 15) is 0 Å². The quantitative estimate of drug-likeness (QED) is 0.915. The van der Waals surface area contributed by atoms with Gasteiger partial charge in [-0.15, -0.1) is 0 Å². The van der Waals surface area contributed by atoms with Gasteiger partial charge in [0.05, 0.1) is 19.3 Å². The van der Waals surface area contributed by atoms with Crippen LogP contribution in [0.15, 0.2) is 18.3 Å². The molecule has 1 N–H and O–H groups in total. The summed E-state index contributed by atoms with van der Waals surface area (Å²) in [5.41, 5.74) is 1.43. The summed E-state index contributed by atoms with van der Waals surface area (Å²) >= 11 is 0. The van der Waals surface area contributed by atoms with Crippen molar-refractivity contribution in [1.82, 2.24) is 10.3 Å². The molecule has 112 valence electrons. The zero-order valence-corrected chi connectivity index (χ0v) is 13.1. The second-order valence-electron chi connectivity index (χ2n) is 6.38. The molecular weight excluding hydrogens is 250 g/mol. The van der Waals surface area contributed by atoms with E-state index in [1.165, 1.54) is 5.56 Å². The molecule has 1 aliphatic heterocycles. The van der Waals surface area contributed by atoms with Crippen molar-refractivity contribution in [3.05, 3.63) is 23.9 Å². The van der Waals surface area contributed by atoms with Gasteiger partial charge in [0, 0.05) is 19.3 Å². The fourth-order valence-electron chi connectivity index (χ4n) is 2.44. The van der Waals surface area contributed by atoms with Gasteiger partial charge in [-0.3, -0.25) is 0 Å². The average molecular weight is 277 g/mol. The van der Waals surface area contributed by atoms with Gasteiger partial charge in [0.25, 0.3) is 0 Å². The van der Waals surface area contributed by atoms with Gasteiger partial charge in [0.2, 0.25) is 0 Å². The Hall–Kier alpha value is -1.13. The number of hydrogen-bond acceptors (Lipinski definition) is 4.